The van der Waals surface area contributed by atoms with Crippen molar-refractivity contribution in [3.8, 4) is 0 Å². The molecule has 0 bridgehead atoms. The molecule has 0 atom stereocenters. The Morgan fingerprint density at radius 3 is 2.71 bits per heavy atom. The molecule has 1 nitrogen and oxygen atoms in total. The molecular formula is C15H8NZr-. The van der Waals surface area contributed by atoms with Crippen molar-refractivity contribution in [2.45, 2.75) is 0 Å². The van der Waals surface area contributed by atoms with Crippen LogP contribution in [0, 0.1) is 6.07 Å². The zero-order chi connectivity index (χ0) is 10.5. The smallest absolute Gasteiger partial charge is 0.0697 e. The average Bonchev–Trinajstić information content (AvgIpc) is 2.85. The molecule has 0 saturated heterocycles. The maximum atomic E-state index is 4.68. The Morgan fingerprint density at radius 1 is 0.941 bits per heavy atom. The van der Waals surface area contributed by atoms with Crippen molar-refractivity contribution in [1.29, 1.82) is 0 Å². The van der Waals surface area contributed by atoms with Crippen molar-refractivity contribution < 1.29 is 26.2 Å². The molecule has 2 aromatic carbocycles. The molecule has 2 aliphatic rings. The van der Waals surface area contributed by atoms with Gasteiger partial charge in [0.25, 0.3) is 0 Å². The first-order valence-electron chi connectivity index (χ1n) is 5.35. The Bertz CT molecular complexity index is 773. The minimum absolute atomic E-state index is 0. The van der Waals surface area contributed by atoms with Crippen LogP contribution >= 0.6 is 0 Å². The number of fused-ring (bicyclic) bond motifs is 3. The summed E-state index contributed by atoms with van der Waals surface area (Å²) < 4.78 is 0. The number of benzene rings is 2. The normalized spacial score (nSPS) is 14.1. The van der Waals surface area contributed by atoms with E-state index in [-0.39, 0.29) is 26.2 Å². The van der Waals surface area contributed by atoms with E-state index in [9.17, 15) is 0 Å². The van der Waals surface area contributed by atoms with Gasteiger partial charge in [0, 0.05) is 31.9 Å². The van der Waals surface area contributed by atoms with Crippen LogP contribution in [0.3, 0.4) is 0 Å². The molecule has 0 fully saturated rings. The molecule has 1 aliphatic heterocycles. The van der Waals surface area contributed by atoms with Gasteiger partial charge in [-0.25, -0.2) is 0 Å². The van der Waals surface area contributed by atoms with Gasteiger partial charge in [0.1, 0.15) is 0 Å². The van der Waals surface area contributed by atoms with Crippen LogP contribution in [0.5, 0.6) is 0 Å². The third kappa shape index (κ3) is 1.44. The molecule has 0 radical (unpaired) electrons. The van der Waals surface area contributed by atoms with Gasteiger partial charge in [-0.1, -0.05) is 23.4 Å². The van der Waals surface area contributed by atoms with Gasteiger partial charge in [-0.2, -0.15) is 0 Å². The summed E-state index contributed by atoms with van der Waals surface area (Å²) >= 11 is 0. The topological polar surface area (TPSA) is 12.4 Å². The summed E-state index contributed by atoms with van der Waals surface area (Å²) in [7, 11) is 0. The fourth-order valence-corrected chi connectivity index (χ4v) is 2.38. The minimum atomic E-state index is 0. The van der Waals surface area contributed by atoms with E-state index in [2.05, 4.69) is 41.4 Å². The Balaban J connectivity index is 0.000000902. The Kier molecular flexibility index (Phi) is 2.48. The molecular weight excluding hydrogens is 285 g/mol. The molecule has 1 heterocycles. The largest absolute Gasteiger partial charge is 0.258 e. The van der Waals surface area contributed by atoms with Gasteiger partial charge in [0.15, 0.2) is 0 Å². The van der Waals surface area contributed by atoms with Crippen LogP contribution < -0.4 is 21.0 Å². The first-order chi connectivity index (χ1) is 7.93. The van der Waals surface area contributed by atoms with Crippen LogP contribution in [-0.2, 0) is 26.2 Å². The van der Waals surface area contributed by atoms with Crippen LogP contribution in [0.1, 0.15) is 0 Å². The summed E-state index contributed by atoms with van der Waals surface area (Å²) in [4.78, 5) is 4.68. The maximum absolute atomic E-state index is 4.68. The molecule has 0 N–H and O–H groups in total. The van der Waals surface area contributed by atoms with Crippen molar-refractivity contribution in [2.75, 3.05) is 0 Å². The van der Waals surface area contributed by atoms with E-state index in [0.717, 1.165) is 16.3 Å². The van der Waals surface area contributed by atoms with Gasteiger partial charge < -0.3 is 0 Å². The van der Waals surface area contributed by atoms with Crippen molar-refractivity contribution >= 4 is 17.3 Å². The fourth-order valence-electron chi connectivity index (χ4n) is 2.38. The molecule has 4 rings (SSSR count). The second-order valence-corrected chi connectivity index (χ2v) is 4.03. The van der Waals surface area contributed by atoms with Crippen molar-refractivity contribution in [1.82, 2.24) is 0 Å². The van der Waals surface area contributed by atoms with E-state index in [1.54, 1.807) is 0 Å². The molecule has 17 heavy (non-hydrogen) atoms. The minimum Gasteiger partial charge on any atom is -0.258 e. The molecule has 0 saturated carbocycles. The van der Waals surface area contributed by atoms with Gasteiger partial charge in [-0.3, -0.25) is 4.99 Å². The van der Waals surface area contributed by atoms with Crippen LogP contribution in [-0.4, -0.2) is 0 Å². The first-order valence-corrected chi connectivity index (χ1v) is 5.35. The van der Waals surface area contributed by atoms with E-state index in [4.69, 9.17) is 0 Å². The third-order valence-electron chi connectivity index (χ3n) is 3.11. The number of nitrogens with zero attached hydrogens (tertiary/aromatic N) is 1. The predicted molar refractivity (Wildman–Crippen MR) is 63.0 cm³/mol. The van der Waals surface area contributed by atoms with Gasteiger partial charge in [-0.15, -0.1) is 35.6 Å². The zero-order valence-electron chi connectivity index (χ0n) is 9.07. The van der Waals surface area contributed by atoms with Crippen LogP contribution in [0.2, 0.25) is 0 Å². The standard InChI is InChI=1S/C15H8N.Zr/c1-2-6-11-10(5-1)9-13-12-7-3-4-8-14(12)16-15(11)13;/h1-4,6-9H;/q-1;. The molecule has 2 aromatic rings. The third-order valence-corrected chi connectivity index (χ3v) is 3.11. The molecule has 1 aliphatic carbocycles. The van der Waals surface area contributed by atoms with Crippen molar-refractivity contribution in [2.24, 2.45) is 4.99 Å². The summed E-state index contributed by atoms with van der Waals surface area (Å²) in [5, 5.41) is 4.68. The second kappa shape index (κ2) is 3.89. The van der Waals surface area contributed by atoms with E-state index >= 15 is 0 Å². The number of para-hydroxylation sites is 1. The van der Waals surface area contributed by atoms with E-state index < -0.39 is 0 Å². The van der Waals surface area contributed by atoms with Crippen LogP contribution in [0.25, 0.3) is 17.3 Å². The van der Waals surface area contributed by atoms with Crippen molar-refractivity contribution in [3.63, 3.8) is 0 Å². The zero-order valence-corrected chi connectivity index (χ0v) is 11.5. The first kappa shape index (κ1) is 10.9. The monoisotopic (exact) mass is 292 g/mol. The van der Waals surface area contributed by atoms with E-state index in [1.807, 2.05) is 18.2 Å². The SMILES string of the molecule is [Zr].[c-]1cccc2c1=CC1=c3ccccc3=NC=21. The van der Waals surface area contributed by atoms with Gasteiger partial charge in [0.05, 0.1) is 5.36 Å². The molecule has 0 unspecified atom stereocenters. The Hall–Kier alpha value is -1.27. The summed E-state index contributed by atoms with van der Waals surface area (Å²) in [6.07, 6.45) is 2.18. The van der Waals surface area contributed by atoms with E-state index in [1.165, 1.54) is 16.0 Å². The predicted octanol–water partition coefficient (Wildman–Crippen LogP) is -0.129. The molecule has 0 spiro atoms. The quantitative estimate of drug-likeness (QED) is 0.600. The molecule has 2 heteroatoms. The summed E-state index contributed by atoms with van der Waals surface area (Å²) in [5.74, 6) is 0. The number of hydrogen-bond acceptors (Lipinski definition) is 1. The summed E-state index contributed by atoms with van der Waals surface area (Å²) in [6.45, 7) is 0. The molecule has 78 valence electrons. The maximum Gasteiger partial charge on any atom is 0.0697 e. The van der Waals surface area contributed by atoms with Gasteiger partial charge in [-0.05, 0) is 16.9 Å². The van der Waals surface area contributed by atoms with Gasteiger partial charge in [0.2, 0.25) is 0 Å². The second-order valence-electron chi connectivity index (χ2n) is 4.03. The Morgan fingerprint density at radius 2 is 1.76 bits per heavy atom. The Labute approximate surface area is 118 Å². The molecule has 0 amide bonds. The molecule has 0 aromatic heterocycles. The number of hydrogen-bond donors (Lipinski definition) is 0. The van der Waals surface area contributed by atoms with E-state index in [0.29, 0.717) is 0 Å². The average molecular weight is 293 g/mol. The van der Waals surface area contributed by atoms with Crippen LogP contribution in [0.15, 0.2) is 47.5 Å². The number of rotatable bonds is 0. The van der Waals surface area contributed by atoms with Crippen LogP contribution in [0.4, 0.5) is 0 Å². The summed E-state index contributed by atoms with van der Waals surface area (Å²) in [6, 6.07) is 17.6. The van der Waals surface area contributed by atoms with Gasteiger partial charge >= 0.3 is 0 Å². The van der Waals surface area contributed by atoms with Crippen molar-refractivity contribution in [3.05, 3.63) is 69.5 Å². The summed E-state index contributed by atoms with van der Waals surface area (Å²) in [5.41, 5.74) is 2.35. The fraction of sp³-hybridized carbons (Fsp3) is 0.